The van der Waals surface area contributed by atoms with E-state index in [-0.39, 0.29) is 0 Å². The van der Waals surface area contributed by atoms with E-state index in [2.05, 4.69) is 57.3 Å². The molecule has 0 spiro atoms. The van der Waals surface area contributed by atoms with Gasteiger partial charge in [0.25, 0.3) is 0 Å². The predicted octanol–water partition coefficient (Wildman–Crippen LogP) is 5.69. The lowest BCUT2D eigenvalue weighted by Gasteiger charge is -2.23. The number of hydrogen-bond donors (Lipinski definition) is 0. The molecule has 0 aliphatic heterocycles. The van der Waals surface area contributed by atoms with Gasteiger partial charge in [-0.2, -0.15) is 0 Å². The molecule has 1 heteroatoms. The second-order valence-corrected chi connectivity index (χ2v) is 6.65. The molecule has 0 bridgehead atoms. The van der Waals surface area contributed by atoms with E-state index in [4.69, 9.17) is 0 Å². The fourth-order valence-electron chi connectivity index (χ4n) is 2.52. The number of rotatable bonds is 4. The zero-order valence-electron chi connectivity index (χ0n) is 11.2. The van der Waals surface area contributed by atoms with Gasteiger partial charge in [0.2, 0.25) is 0 Å². The summed E-state index contributed by atoms with van der Waals surface area (Å²) in [6.45, 7) is 9.31. The van der Waals surface area contributed by atoms with Crippen molar-refractivity contribution >= 4 is 21.4 Å². The lowest BCUT2D eigenvalue weighted by Crippen LogP contribution is -2.09. The Hall–Kier alpha value is -0.820. The molecule has 1 aromatic carbocycles. The van der Waals surface area contributed by atoms with Crippen molar-refractivity contribution in [3.8, 4) is 0 Å². The third-order valence-electron chi connectivity index (χ3n) is 3.43. The van der Waals surface area contributed by atoms with Crippen LogP contribution in [0.3, 0.4) is 0 Å². The number of fused-ring (bicyclic) bond motifs is 1. The van der Waals surface area contributed by atoms with Gasteiger partial charge >= 0.3 is 0 Å². The van der Waals surface area contributed by atoms with E-state index in [1.807, 2.05) is 11.3 Å². The van der Waals surface area contributed by atoms with Crippen LogP contribution in [0.1, 0.15) is 45.6 Å². The summed E-state index contributed by atoms with van der Waals surface area (Å²) in [6, 6.07) is 9.23. The highest BCUT2D eigenvalue weighted by atomic mass is 32.1. The molecule has 1 atom stereocenters. The van der Waals surface area contributed by atoms with Crippen molar-refractivity contribution in [2.45, 2.75) is 40.0 Å². The summed E-state index contributed by atoms with van der Waals surface area (Å²) in [6.07, 6.45) is 1.29. The Balaban J connectivity index is 2.33. The van der Waals surface area contributed by atoms with Gasteiger partial charge in [-0.15, -0.1) is 11.3 Å². The fraction of sp³-hybridized carbons (Fsp3) is 0.500. The maximum Gasteiger partial charge on any atom is 0.0342 e. The lowest BCUT2D eigenvalue weighted by molar-refractivity contribution is 0.408. The van der Waals surface area contributed by atoms with Gasteiger partial charge in [-0.3, -0.25) is 0 Å². The number of benzene rings is 1. The third kappa shape index (κ3) is 2.90. The van der Waals surface area contributed by atoms with E-state index < -0.39 is 0 Å². The first kappa shape index (κ1) is 12.6. The van der Waals surface area contributed by atoms with Gasteiger partial charge in [0.1, 0.15) is 0 Å². The summed E-state index contributed by atoms with van der Waals surface area (Å²) in [5.41, 5.74) is 1.51. The van der Waals surface area contributed by atoms with Crippen LogP contribution in [-0.2, 0) is 0 Å². The van der Waals surface area contributed by atoms with E-state index >= 15 is 0 Å². The molecule has 2 aromatic rings. The highest BCUT2D eigenvalue weighted by Crippen LogP contribution is 2.33. The van der Waals surface area contributed by atoms with Gasteiger partial charge in [-0.1, -0.05) is 39.8 Å². The average Bonchev–Trinajstić information content (AvgIpc) is 2.72. The molecule has 0 radical (unpaired) electrons. The second kappa shape index (κ2) is 5.22. The first-order valence-corrected chi connectivity index (χ1v) is 7.43. The van der Waals surface area contributed by atoms with Crippen LogP contribution in [0.2, 0.25) is 0 Å². The molecule has 1 heterocycles. The summed E-state index contributed by atoms with van der Waals surface area (Å²) in [7, 11) is 0. The van der Waals surface area contributed by atoms with E-state index in [1.54, 1.807) is 0 Å². The maximum absolute atomic E-state index is 2.39. The SMILES string of the molecule is CC(C)CC(c1ccc2sccc2c1)C(C)C. The fourth-order valence-corrected chi connectivity index (χ4v) is 3.29. The Bertz CT molecular complexity index is 479. The molecular weight excluding hydrogens is 224 g/mol. The topological polar surface area (TPSA) is 0 Å². The summed E-state index contributed by atoms with van der Waals surface area (Å²) in [4.78, 5) is 0. The summed E-state index contributed by atoms with van der Waals surface area (Å²) in [5, 5.41) is 3.59. The molecule has 0 saturated carbocycles. The smallest absolute Gasteiger partial charge is 0.0342 e. The van der Waals surface area contributed by atoms with Crippen LogP contribution in [0.25, 0.3) is 10.1 Å². The van der Waals surface area contributed by atoms with Crippen LogP contribution in [0.4, 0.5) is 0 Å². The molecule has 92 valence electrons. The van der Waals surface area contributed by atoms with Gasteiger partial charge in [-0.25, -0.2) is 0 Å². The van der Waals surface area contributed by atoms with E-state index in [1.165, 1.54) is 22.1 Å². The van der Waals surface area contributed by atoms with Crippen molar-refractivity contribution in [2.75, 3.05) is 0 Å². The summed E-state index contributed by atoms with van der Waals surface area (Å²) in [5.74, 6) is 2.17. The van der Waals surface area contributed by atoms with Crippen LogP contribution in [0.5, 0.6) is 0 Å². The van der Waals surface area contributed by atoms with Gasteiger partial charge < -0.3 is 0 Å². The Morgan fingerprint density at radius 3 is 2.47 bits per heavy atom. The Labute approximate surface area is 109 Å². The van der Waals surface area contributed by atoms with Crippen molar-refractivity contribution in [2.24, 2.45) is 11.8 Å². The van der Waals surface area contributed by atoms with Crippen LogP contribution >= 0.6 is 11.3 Å². The molecule has 0 saturated heterocycles. The Morgan fingerprint density at radius 2 is 1.82 bits per heavy atom. The highest BCUT2D eigenvalue weighted by Gasteiger charge is 2.17. The molecule has 0 aliphatic carbocycles. The van der Waals surface area contributed by atoms with Gasteiger partial charge in [0.05, 0.1) is 0 Å². The van der Waals surface area contributed by atoms with E-state index in [0.29, 0.717) is 11.8 Å². The van der Waals surface area contributed by atoms with Crippen molar-refractivity contribution in [1.29, 1.82) is 0 Å². The highest BCUT2D eigenvalue weighted by molar-refractivity contribution is 7.17. The van der Waals surface area contributed by atoms with Crippen LogP contribution in [-0.4, -0.2) is 0 Å². The minimum atomic E-state index is 0.694. The lowest BCUT2D eigenvalue weighted by atomic mass is 9.82. The Kier molecular flexibility index (Phi) is 3.88. The number of thiophene rings is 1. The monoisotopic (exact) mass is 246 g/mol. The first-order chi connectivity index (χ1) is 8.08. The van der Waals surface area contributed by atoms with E-state index in [9.17, 15) is 0 Å². The minimum Gasteiger partial charge on any atom is -0.144 e. The zero-order chi connectivity index (χ0) is 12.4. The standard InChI is InChI=1S/C16H22S/c1-11(2)9-15(12(3)4)13-5-6-16-14(10-13)7-8-17-16/h5-8,10-12,15H,9H2,1-4H3. The van der Waals surface area contributed by atoms with Crippen LogP contribution in [0.15, 0.2) is 29.6 Å². The molecule has 0 amide bonds. The average molecular weight is 246 g/mol. The quantitative estimate of drug-likeness (QED) is 0.650. The number of hydrogen-bond acceptors (Lipinski definition) is 1. The second-order valence-electron chi connectivity index (χ2n) is 5.70. The molecule has 1 unspecified atom stereocenters. The molecule has 2 rings (SSSR count). The van der Waals surface area contributed by atoms with Gasteiger partial charge in [0, 0.05) is 4.70 Å². The molecule has 0 fully saturated rings. The van der Waals surface area contributed by atoms with Crippen molar-refractivity contribution in [3.63, 3.8) is 0 Å². The Morgan fingerprint density at radius 1 is 1.06 bits per heavy atom. The van der Waals surface area contributed by atoms with Gasteiger partial charge in [-0.05, 0) is 52.6 Å². The molecule has 17 heavy (non-hydrogen) atoms. The maximum atomic E-state index is 2.39. The largest absolute Gasteiger partial charge is 0.144 e. The van der Waals surface area contributed by atoms with E-state index in [0.717, 1.165) is 5.92 Å². The van der Waals surface area contributed by atoms with Crippen LogP contribution < -0.4 is 0 Å². The first-order valence-electron chi connectivity index (χ1n) is 6.55. The normalized spacial score (nSPS) is 13.8. The molecule has 0 aliphatic rings. The van der Waals surface area contributed by atoms with Crippen LogP contribution in [0, 0.1) is 11.8 Å². The minimum absolute atomic E-state index is 0.694. The molecular formula is C16H22S. The van der Waals surface area contributed by atoms with Gasteiger partial charge in [0.15, 0.2) is 0 Å². The molecule has 0 nitrogen and oxygen atoms in total. The third-order valence-corrected chi connectivity index (χ3v) is 4.33. The summed E-state index contributed by atoms with van der Waals surface area (Å²) >= 11 is 1.83. The van der Waals surface area contributed by atoms with Crippen molar-refractivity contribution in [3.05, 3.63) is 35.2 Å². The summed E-state index contributed by atoms with van der Waals surface area (Å²) < 4.78 is 1.40. The molecule has 1 aromatic heterocycles. The van der Waals surface area contributed by atoms with Crippen molar-refractivity contribution in [1.82, 2.24) is 0 Å². The van der Waals surface area contributed by atoms with Crippen molar-refractivity contribution < 1.29 is 0 Å². The molecule has 0 N–H and O–H groups in total. The predicted molar refractivity (Wildman–Crippen MR) is 78.9 cm³/mol. The zero-order valence-corrected chi connectivity index (χ0v) is 12.1.